The maximum Gasteiger partial charge on any atom is 0.261 e. The van der Waals surface area contributed by atoms with E-state index in [4.69, 9.17) is 0 Å². The highest BCUT2D eigenvalue weighted by Crippen LogP contribution is 2.34. The molecule has 2 heterocycles. The largest absolute Gasteiger partial charge is 0.342 e. The van der Waals surface area contributed by atoms with Gasteiger partial charge in [-0.15, -0.1) is 0 Å². The third-order valence-corrected chi connectivity index (χ3v) is 6.49. The van der Waals surface area contributed by atoms with Crippen molar-refractivity contribution in [2.24, 2.45) is 0 Å². The number of para-hydroxylation sites is 1. The van der Waals surface area contributed by atoms with Crippen LogP contribution in [0.1, 0.15) is 23.7 Å². The molecule has 1 amide bonds. The zero-order chi connectivity index (χ0) is 19.3. The maximum atomic E-state index is 12.7. The van der Waals surface area contributed by atoms with Gasteiger partial charge in [0.05, 0.1) is 17.2 Å². The summed E-state index contributed by atoms with van der Waals surface area (Å²) >= 11 is 1.92. The minimum absolute atomic E-state index is 0.0889. The molecule has 6 heteroatoms. The van der Waals surface area contributed by atoms with E-state index in [1.165, 1.54) is 5.56 Å². The van der Waals surface area contributed by atoms with Crippen molar-refractivity contribution in [1.82, 2.24) is 14.5 Å². The number of carbonyl (C=O) groups excluding carboxylic acids is 1. The van der Waals surface area contributed by atoms with Gasteiger partial charge in [0, 0.05) is 37.1 Å². The zero-order valence-electron chi connectivity index (χ0n) is 15.7. The van der Waals surface area contributed by atoms with Crippen molar-refractivity contribution in [3.63, 3.8) is 0 Å². The molecule has 4 rings (SSSR count). The Balaban J connectivity index is 1.38. The molecule has 0 N–H and O–H groups in total. The van der Waals surface area contributed by atoms with E-state index in [0.717, 1.165) is 25.3 Å². The Morgan fingerprint density at radius 3 is 2.71 bits per heavy atom. The Labute approximate surface area is 168 Å². The second kappa shape index (κ2) is 8.61. The summed E-state index contributed by atoms with van der Waals surface area (Å²) < 4.78 is 1.54. The number of amides is 1. The van der Waals surface area contributed by atoms with Crippen LogP contribution in [0.5, 0.6) is 0 Å². The first-order chi connectivity index (χ1) is 13.7. The predicted octanol–water partition coefficient (Wildman–Crippen LogP) is 3.49. The summed E-state index contributed by atoms with van der Waals surface area (Å²) in [6.07, 6.45) is 2.82. The van der Waals surface area contributed by atoms with Gasteiger partial charge in [0.15, 0.2) is 0 Å². The van der Waals surface area contributed by atoms with Gasteiger partial charge >= 0.3 is 0 Å². The van der Waals surface area contributed by atoms with Crippen molar-refractivity contribution in [2.75, 3.05) is 18.8 Å². The van der Waals surface area contributed by atoms with Gasteiger partial charge in [-0.1, -0.05) is 42.5 Å². The normalized spacial score (nSPS) is 17.4. The highest BCUT2D eigenvalue weighted by Gasteiger charge is 2.22. The molecule has 1 atom stereocenters. The third-order valence-electron chi connectivity index (χ3n) is 5.16. The number of aryl methyl sites for hydroxylation is 1. The molecule has 0 unspecified atom stereocenters. The van der Waals surface area contributed by atoms with E-state index in [1.54, 1.807) is 17.0 Å². The minimum Gasteiger partial charge on any atom is -0.342 e. The Hall–Kier alpha value is -2.60. The first-order valence-electron chi connectivity index (χ1n) is 9.61. The summed E-state index contributed by atoms with van der Waals surface area (Å²) in [6, 6.07) is 17.8. The van der Waals surface area contributed by atoms with Crippen molar-refractivity contribution in [3.05, 3.63) is 76.8 Å². The van der Waals surface area contributed by atoms with Crippen LogP contribution in [-0.2, 0) is 11.3 Å². The molecule has 28 heavy (non-hydrogen) atoms. The van der Waals surface area contributed by atoms with Crippen LogP contribution < -0.4 is 5.56 Å². The van der Waals surface area contributed by atoms with Crippen molar-refractivity contribution >= 4 is 28.6 Å². The number of aromatic nitrogens is 2. The lowest BCUT2D eigenvalue weighted by molar-refractivity contribution is -0.131. The molecule has 0 spiro atoms. The number of carbonyl (C=O) groups is 1. The van der Waals surface area contributed by atoms with Crippen LogP contribution in [0.3, 0.4) is 0 Å². The number of hydrogen-bond donors (Lipinski definition) is 0. The van der Waals surface area contributed by atoms with Crippen molar-refractivity contribution in [3.8, 4) is 0 Å². The molecule has 0 bridgehead atoms. The number of nitrogens with zero attached hydrogens (tertiary/aromatic N) is 3. The molecule has 1 aliphatic heterocycles. The molecule has 1 saturated heterocycles. The lowest BCUT2D eigenvalue weighted by Crippen LogP contribution is -2.34. The first-order valence-corrected chi connectivity index (χ1v) is 10.7. The van der Waals surface area contributed by atoms with Gasteiger partial charge in [-0.05, 0) is 24.1 Å². The second-order valence-corrected chi connectivity index (χ2v) is 8.26. The van der Waals surface area contributed by atoms with Crippen LogP contribution in [0.4, 0.5) is 0 Å². The Morgan fingerprint density at radius 2 is 1.86 bits per heavy atom. The average molecular weight is 394 g/mol. The van der Waals surface area contributed by atoms with Gasteiger partial charge in [-0.3, -0.25) is 14.2 Å². The molecule has 1 aromatic heterocycles. The van der Waals surface area contributed by atoms with E-state index < -0.39 is 0 Å². The fourth-order valence-corrected chi connectivity index (χ4v) is 4.82. The summed E-state index contributed by atoms with van der Waals surface area (Å²) in [5, 5.41) is 1.03. The summed E-state index contributed by atoms with van der Waals surface area (Å²) in [4.78, 5) is 31.6. The molecule has 2 aromatic carbocycles. The Kier molecular flexibility index (Phi) is 5.76. The molecule has 1 aliphatic rings. The molecule has 3 aromatic rings. The van der Waals surface area contributed by atoms with Crippen LogP contribution >= 0.6 is 11.8 Å². The number of hydrogen-bond acceptors (Lipinski definition) is 4. The summed E-state index contributed by atoms with van der Waals surface area (Å²) in [6.45, 7) is 1.88. The summed E-state index contributed by atoms with van der Waals surface area (Å²) in [5.41, 5.74) is 1.93. The third kappa shape index (κ3) is 4.12. The molecule has 0 aliphatic carbocycles. The van der Waals surface area contributed by atoms with Gasteiger partial charge in [0.1, 0.15) is 0 Å². The second-order valence-electron chi connectivity index (χ2n) is 6.95. The van der Waals surface area contributed by atoms with Crippen LogP contribution in [0, 0.1) is 0 Å². The molecule has 5 nitrogen and oxygen atoms in total. The van der Waals surface area contributed by atoms with Gasteiger partial charge in [0.25, 0.3) is 5.56 Å². The fourth-order valence-electron chi connectivity index (χ4n) is 3.59. The maximum absolute atomic E-state index is 12.7. The van der Waals surface area contributed by atoms with E-state index >= 15 is 0 Å². The van der Waals surface area contributed by atoms with Gasteiger partial charge in [-0.25, -0.2) is 4.98 Å². The minimum atomic E-state index is -0.0889. The summed E-state index contributed by atoms with van der Waals surface area (Å²) in [5.74, 6) is 1.04. The molecule has 0 saturated carbocycles. The highest BCUT2D eigenvalue weighted by atomic mass is 32.2. The Bertz CT molecular complexity index is 1020. The number of fused-ring (bicyclic) bond motifs is 1. The topological polar surface area (TPSA) is 55.2 Å². The smallest absolute Gasteiger partial charge is 0.261 e. The Morgan fingerprint density at radius 1 is 1.07 bits per heavy atom. The fraction of sp³-hybridized carbons (Fsp3) is 0.318. The van der Waals surface area contributed by atoms with Crippen LogP contribution in [0.15, 0.2) is 65.7 Å². The van der Waals surface area contributed by atoms with E-state index in [2.05, 4.69) is 29.2 Å². The predicted molar refractivity (Wildman–Crippen MR) is 113 cm³/mol. The van der Waals surface area contributed by atoms with Gasteiger partial charge < -0.3 is 4.90 Å². The average Bonchev–Trinajstić information content (AvgIpc) is 3.00. The van der Waals surface area contributed by atoms with Crippen molar-refractivity contribution in [2.45, 2.75) is 24.6 Å². The highest BCUT2D eigenvalue weighted by molar-refractivity contribution is 7.99. The van der Waals surface area contributed by atoms with E-state index in [9.17, 15) is 9.59 Å². The van der Waals surface area contributed by atoms with E-state index in [1.807, 2.05) is 40.9 Å². The number of benzene rings is 2. The standard InChI is InChI=1S/C22H23N3O2S/c26-21(11-13-25-16-23-19-9-5-4-8-18(19)22(25)27)24-12-10-20(28-15-14-24)17-6-2-1-3-7-17/h1-9,16,20H,10-15H2/t20-/m1/s1. The van der Waals surface area contributed by atoms with E-state index in [-0.39, 0.29) is 11.5 Å². The van der Waals surface area contributed by atoms with Crippen molar-refractivity contribution < 1.29 is 4.79 Å². The molecule has 144 valence electrons. The zero-order valence-corrected chi connectivity index (χ0v) is 16.5. The van der Waals surface area contributed by atoms with Crippen LogP contribution in [-0.4, -0.2) is 39.2 Å². The van der Waals surface area contributed by atoms with Crippen molar-refractivity contribution in [1.29, 1.82) is 0 Å². The molecular weight excluding hydrogens is 370 g/mol. The lowest BCUT2D eigenvalue weighted by atomic mass is 10.1. The van der Waals surface area contributed by atoms with Gasteiger partial charge in [0.2, 0.25) is 5.91 Å². The number of rotatable bonds is 4. The summed E-state index contributed by atoms with van der Waals surface area (Å²) in [7, 11) is 0. The molecular formula is C22H23N3O2S. The molecule has 1 fully saturated rings. The SMILES string of the molecule is O=C(CCn1cnc2ccccc2c1=O)N1CCS[C@@H](c2ccccc2)CC1. The van der Waals surface area contributed by atoms with Crippen LogP contribution in [0.25, 0.3) is 10.9 Å². The number of thioether (sulfide) groups is 1. The van der Waals surface area contributed by atoms with Crippen LogP contribution in [0.2, 0.25) is 0 Å². The van der Waals surface area contributed by atoms with E-state index in [0.29, 0.717) is 29.1 Å². The molecule has 0 radical (unpaired) electrons. The van der Waals surface area contributed by atoms with Gasteiger partial charge in [-0.2, -0.15) is 11.8 Å². The lowest BCUT2D eigenvalue weighted by Gasteiger charge is -2.20. The first kappa shape index (κ1) is 18.7. The monoisotopic (exact) mass is 393 g/mol. The quantitative estimate of drug-likeness (QED) is 0.681.